The quantitative estimate of drug-likeness (QED) is 0.0693. The molecule has 4 nitrogen and oxygen atoms in total. The zero-order valence-electron chi connectivity index (χ0n) is 25.2. The highest BCUT2D eigenvalue weighted by Crippen LogP contribution is 2.12. The van der Waals surface area contributed by atoms with E-state index in [9.17, 15) is 15.0 Å². The van der Waals surface area contributed by atoms with Gasteiger partial charge >= 0.3 is 0 Å². The van der Waals surface area contributed by atoms with Crippen LogP contribution in [0.15, 0.2) is 36.5 Å². The van der Waals surface area contributed by atoms with Crippen LogP contribution < -0.4 is 5.32 Å². The van der Waals surface area contributed by atoms with Gasteiger partial charge in [0.2, 0.25) is 5.91 Å². The average Bonchev–Trinajstić information content (AvgIpc) is 2.92. The summed E-state index contributed by atoms with van der Waals surface area (Å²) in [4.78, 5) is 12.2. The van der Waals surface area contributed by atoms with E-state index in [4.69, 9.17) is 0 Å². The van der Waals surface area contributed by atoms with E-state index in [1.807, 2.05) is 6.08 Å². The van der Waals surface area contributed by atoms with Gasteiger partial charge in [-0.25, -0.2) is 0 Å². The van der Waals surface area contributed by atoms with Crippen LogP contribution in [0.1, 0.15) is 155 Å². The smallest absolute Gasteiger partial charge is 0.220 e. The third-order valence-electron chi connectivity index (χ3n) is 7.10. The lowest BCUT2D eigenvalue weighted by molar-refractivity contribution is -0.123. The molecular formula is C34H63NO3. The van der Waals surface area contributed by atoms with Gasteiger partial charge in [0.25, 0.3) is 0 Å². The van der Waals surface area contributed by atoms with E-state index in [1.54, 1.807) is 6.08 Å². The molecule has 1 amide bonds. The summed E-state index contributed by atoms with van der Waals surface area (Å²) in [6, 6.07) is -0.638. The van der Waals surface area contributed by atoms with Crippen LogP contribution in [0.4, 0.5) is 0 Å². The zero-order valence-corrected chi connectivity index (χ0v) is 25.2. The van der Waals surface area contributed by atoms with E-state index in [1.165, 1.54) is 96.3 Å². The molecule has 2 unspecified atom stereocenters. The molecule has 222 valence electrons. The van der Waals surface area contributed by atoms with Crippen molar-refractivity contribution in [2.24, 2.45) is 0 Å². The third-order valence-corrected chi connectivity index (χ3v) is 7.10. The van der Waals surface area contributed by atoms with E-state index in [-0.39, 0.29) is 12.5 Å². The molecule has 3 N–H and O–H groups in total. The lowest BCUT2D eigenvalue weighted by Gasteiger charge is -2.19. The zero-order chi connectivity index (χ0) is 27.9. The first-order valence-corrected chi connectivity index (χ1v) is 16.2. The minimum atomic E-state index is -0.864. The summed E-state index contributed by atoms with van der Waals surface area (Å²) in [6.45, 7) is 4.24. The molecule has 0 saturated carbocycles. The third kappa shape index (κ3) is 26.2. The Balaban J connectivity index is 3.76. The van der Waals surface area contributed by atoms with Gasteiger partial charge in [-0.2, -0.15) is 0 Å². The summed E-state index contributed by atoms with van der Waals surface area (Å²) in [5.41, 5.74) is 0. The van der Waals surface area contributed by atoms with E-state index in [2.05, 4.69) is 43.5 Å². The van der Waals surface area contributed by atoms with Gasteiger partial charge in [0.1, 0.15) is 0 Å². The van der Waals surface area contributed by atoms with Gasteiger partial charge in [-0.1, -0.05) is 140 Å². The Hall–Kier alpha value is -1.39. The number of rotatable bonds is 28. The van der Waals surface area contributed by atoms with Gasteiger partial charge in [-0.3, -0.25) is 4.79 Å². The Morgan fingerprint density at radius 1 is 0.605 bits per heavy atom. The molecule has 0 aromatic heterocycles. The maximum absolute atomic E-state index is 12.2. The van der Waals surface area contributed by atoms with Crippen LogP contribution in [0.3, 0.4) is 0 Å². The Bertz CT molecular complexity index is 584. The summed E-state index contributed by atoms with van der Waals surface area (Å²) in [7, 11) is 0. The number of aliphatic hydroxyl groups is 2. The largest absolute Gasteiger partial charge is 0.394 e. The van der Waals surface area contributed by atoms with Gasteiger partial charge in [-0.05, 0) is 44.9 Å². The second-order valence-corrected chi connectivity index (χ2v) is 10.9. The number of carbonyl (C=O) groups excluding carboxylic acids is 1. The number of carbonyl (C=O) groups is 1. The number of nitrogens with one attached hydrogen (secondary N) is 1. The van der Waals surface area contributed by atoms with Crippen molar-refractivity contribution in [3.8, 4) is 0 Å². The van der Waals surface area contributed by atoms with Gasteiger partial charge in [0.15, 0.2) is 0 Å². The number of allylic oxidation sites excluding steroid dienone is 5. The van der Waals surface area contributed by atoms with Crippen molar-refractivity contribution in [1.82, 2.24) is 5.32 Å². The topological polar surface area (TPSA) is 69.6 Å². The molecule has 4 heteroatoms. The van der Waals surface area contributed by atoms with Crippen molar-refractivity contribution in [3.05, 3.63) is 36.5 Å². The second-order valence-electron chi connectivity index (χ2n) is 10.9. The lowest BCUT2D eigenvalue weighted by atomic mass is 10.0. The average molecular weight is 534 g/mol. The molecule has 0 aliphatic rings. The Morgan fingerprint density at radius 2 is 1.03 bits per heavy atom. The van der Waals surface area contributed by atoms with Crippen LogP contribution in [-0.2, 0) is 4.79 Å². The maximum Gasteiger partial charge on any atom is 0.220 e. The minimum absolute atomic E-state index is 0.0825. The number of aliphatic hydroxyl groups excluding tert-OH is 2. The molecule has 0 heterocycles. The molecule has 0 aromatic rings. The fraction of sp³-hybridized carbons (Fsp3) is 0.794. The molecule has 0 radical (unpaired) electrons. The molecule has 0 fully saturated rings. The van der Waals surface area contributed by atoms with Crippen molar-refractivity contribution in [2.75, 3.05) is 6.61 Å². The maximum atomic E-state index is 12.2. The molecular weight excluding hydrogens is 470 g/mol. The van der Waals surface area contributed by atoms with Crippen LogP contribution in [0, 0.1) is 0 Å². The normalized spacial score (nSPS) is 13.7. The number of hydrogen-bond acceptors (Lipinski definition) is 3. The molecule has 0 aliphatic carbocycles. The SMILES string of the molecule is CCCCCCC/C=C/CC/C=C/CC/C=C/C(O)C(CO)NC(=O)CCCCCCCCCCCCC. The first-order valence-electron chi connectivity index (χ1n) is 16.2. The van der Waals surface area contributed by atoms with Crippen LogP contribution in [0.25, 0.3) is 0 Å². The Morgan fingerprint density at radius 3 is 1.53 bits per heavy atom. The minimum Gasteiger partial charge on any atom is -0.394 e. The lowest BCUT2D eigenvalue weighted by Crippen LogP contribution is -2.45. The summed E-state index contributed by atoms with van der Waals surface area (Å²) in [5.74, 6) is -0.0825. The molecule has 0 aromatic carbocycles. The van der Waals surface area contributed by atoms with Crippen LogP contribution in [0.2, 0.25) is 0 Å². The number of unbranched alkanes of at least 4 members (excludes halogenated alkanes) is 17. The summed E-state index contributed by atoms with van der Waals surface area (Å²) < 4.78 is 0. The summed E-state index contributed by atoms with van der Waals surface area (Å²) in [6.07, 6.45) is 37.9. The molecule has 2 atom stereocenters. The predicted molar refractivity (Wildman–Crippen MR) is 165 cm³/mol. The molecule has 0 rings (SSSR count). The Kier molecular flexibility index (Phi) is 29.1. The van der Waals surface area contributed by atoms with Gasteiger partial charge < -0.3 is 15.5 Å². The highest BCUT2D eigenvalue weighted by atomic mass is 16.3. The fourth-order valence-corrected chi connectivity index (χ4v) is 4.56. The van der Waals surface area contributed by atoms with E-state index in [0.29, 0.717) is 6.42 Å². The summed E-state index contributed by atoms with van der Waals surface area (Å²) >= 11 is 0. The molecule has 38 heavy (non-hydrogen) atoms. The highest BCUT2D eigenvalue weighted by Gasteiger charge is 2.17. The van der Waals surface area contributed by atoms with Crippen molar-refractivity contribution in [1.29, 1.82) is 0 Å². The number of amides is 1. The summed E-state index contributed by atoms with van der Waals surface area (Å²) in [5, 5.41) is 22.7. The van der Waals surface area contributed by atoms with Crippen molar-refractivity contribution in [3.63, 3.8) is 0 Å². The first kappa shape index (κ1) is 36.6. The van der Waals surface area contributed by atoms with E-state index >= 15 is 0 Å². The van der Waals surface area contributed by atoms with Crippen molar-refractivity contribution < 1.29 is 15.0 Å². The molecule has 0 saturated heterocycles. The van der Waals surface area contributed by atoms with E-state index < -0.39 is 12.1 Å². The molecule has 0 spiro atoms. The monoisotopic (exact) mass is 533 g/mol. The van der Waals surface area contributed by atoms with Gasteiger partial charge in [-0.15, -0.1) is 0 Å². The first-order chi connectivity index (χ1) is 18.7. The predicted octanol–water partition coefficient (Wildman–Crippen LogP) is 9.12. The molecule has 0 aliphatic heterocycles. The van der Waals surface area contributed by atoms with Crippen LogP contribution >= 0.6 is 0 Å². The standard InChI is InChI=1S/C34H63NO3/c1-3-5-7-9-11-13-15-16-17-18-20-21-23-25-27-29-33(37)32(31-36)35-34(38)30-28-26-24-22-19-14-12-10-8-6-4-2/h15-16,20-21,27,29,32-33,36-37H,3-14,17-19,22-26,28,30-31H2,1-2H3,(H,35,38)/b16-15+,21-20+,29-27+. The second kappa shape index (κ2) is 30.2. The fourth-order valence-electron chi connectivity index (χ4n) is 4.56. The van der Waals surface area contributed by atoms with Crippen LogP contribution in [-0.4, -0.2) is 34.9 Å². The molecule has 0 bridgehead atoms. The van der Waals surface area contributed by atoms with Gasteiger partial charge in [0, 0.05) is 6.42 Å². The highest BCUT2D eigenvalue weighted by molar-refractivity contribution is 5.76. The van der Waals surface area contributed by atoms with Crippen molar-refractivity contribution >= 4 is 5.91 Å². The number of hydrogen-bond donors (Lipinski definition) is 3. The Labute approximate surface area is 236 Å². The van der Waals surface area contributed by atoms with Gasteiger partial charge in [0.05, 0.1) is 18.8 Å². The van der Waals surface area contributed by atoms with E-state index in [0.717, 1.165) is 38.5 Å². The van der Waals surface area contributed by atoms with Crippen LogP contribution in [0.5, 0.6) is 0 Å². The van der Waals surface area contributed by atoms with Crippen molar-refractivity contribution in [2.45, 2.75) is 167 Å².